The standard InChI is InChI=1S/C16H17NO3/c1-2-6-13(14-9-10-15(20-14)16(18)19)17-11-12-7-4-3-5-8-12/h2-5,7-10,13,17H,1,6,11H2,(H,18,19). The average Bonchev–Trinajstić information content (AvgIpc) is 2.94. The van der Waals surface area contributed by atoms with Gasteiger partial charge in [0.15, 0.2) is 0 Å². The lowest BCUT2D eigenvalue weighted by Crippen LogP contribution is -2.20. The molecule has 2 rings (SSSR count). The summed E-state index contributed by atoms with van der Waals surface area (Å²) in [6, 6.07) is 13.1. The molecule has 0 fully saturated rings. The van der Waals surface area contributed by atoms with E-state index in [-0.39, 0.29) is 11.8 Å². The van der Waals surface area contributed by atoms with E-state index >= 15 is 0 Å². The minimum Gasteiger partial charge on any atom is -0.475 e. The molecular weight excluding hydrogens is 254 g/mol. The monoisotopic (exact) mass is 271 g/mol. The largest absolute Gasteiger partial charge is 0.475 e. The van der Waals surface area contributed by atoms with Crippen molar-refractivity contribution in [1.29, 1.82) is 0 Å². The Morgan fingerprint density at radius 3 is 2.65 bits per heavy atom. The molecule has 0 saturated heterocycles. The third-order valence-corrected chi connectivity index (χ3v) is 2.98. The highest BCUT2D eigenvalue weighted by atomic mass is 16.4. The summed E-state index contributed by atoms with van der Waals surface area (Å²) in [5.41, 5.74) is 1.16. The van der Waals surface area contributed by atoms with E-state index in [9.17, 15) is 4.79 Å². The number of aromatic carboxylic acids is 1. The lowest BCUT2D eigenvalue weighted by atomic mass is 10.1. The Kier molecular flexibility index (Phi) is 4.74. The van der Waals surface area contributed by atoms with E-state index in [2.05, 4.69) is 11.9 Å². The third kappa shape index (κ3) is 3.59. The predicted octanol–water partition coefficient (Wildman–Crippen LogP) is 3.38. The molecule has 2 N–H and O–H groups in total. The maximum atomic E-state index is 10.8. The van der Waals surface area contributed by atoms with E-state index in [1.807, 2.05) is 30.3 Å². The summed E-state index contributed by atoms with van der Waals surface area (Å²) in [6.45, 7) is 4.41. The summed E-state index contributed by atoms with van der Waals surface area (Å²) < 4.78 is 5.34. The van der Waals surface area contributed by atoms with Gasteiger partial charge < -0.3 is 14.8 Å². The van der Waals surface area contributed by atoms with E-state index in [0.29, 0.717) is 18.7 Å². The van der Waals surface area contributed by atoms with Crippen LogP contribution >= 0.6 is 0 Å². The van der Waals surface area contributed by atoms with Crippen molar-refractivity contribution >= 4 is 5.97 Å². The first-order valence-corrected chi connectivity index (χ1v) is 6.42. The summed E-state index contributed by atoms with van der Waals surface area (Å²) in [7, 11) is 0. The van der Waals surface area contributed by atoms with Crippen molar-refractivity contribution in [3.8, 4) is 0 Å². The Balaban J connectivity index is 2.06. The van der Waals surface area contributed by atoms with Gasteiger partial charge in [-0.3, -0.25) is 0 Å². The van der Waals surface area contributed by atoms with Crippen LogP contribution in [0.3, 0.4) is 0 Å². The molecule has 0 aliphatic carbocycles. The van der Waals surface area contributed by atoms with E-state index in [0.717, 1.165) is 5.56 Å². The van der Waals surface area contributed by atoms with Crippen LogP contribution in [0, 0.1) is 0 Å². The van der Waals surface area contributed by atoms with Gasteiger partial charge in [-0.25, -0.2) is 4.79 Å². The fraction of sp³-hybridized carbons (Fsp3) is 0.188. The van der Waals surface area contributed by atoms with Crippen molar-refractivity contribution in [1.82, 2.24) is 5.32 Å². The Labute approximate surface area is 117 Å². The molecule has 20 heavy (non-hydrogen) atoms. The number of hydrogen-bond acceptors (Lipinski definition) is 3. The van der Waals surface area contributed by atoms with Gasteiger partial charge in [0.2, 0.25) is 5.76 Å². The van der Waals surface area contributed by atoms with Crippen LogP contribution in [-0.4, -0.2) is 11.1 Å². The number of carbonyl (C=O) groups is 1. The van der Waals surface area contributed by atoms with Crippen LogP contribution in [0.2, 0.25) is 0 Å². The van der Waals surface area contributed by atoms with Crippen molar-refractivity contribution in [3.63, 3.8) is 0 Å². The minimum absolute atomic E-state index is 0.0458. The molecule has 1 atom stereocenters. The van der Waals surface area contributed by atoms with Gasteiger partial charge in [0.25, 0.3) is 0 Å². The summed E-state index contributed by atoms with van der Waals surface area (Å²) in [6.07, 6.45) is 2.45. The number of carboxylic acid groups (broad SMARTS) is 1. The molecule has 0 spiro atoms. The van der Waals surface area contributed by atoms with Gasteiger partial charge in [0, 0.05) is 6.54 Å². The summed E-state index contributed by atoms with van der Waals surface area (Å²) >= 11 is 0. The van der Waals surface area contributed by atoms with E-state index < -0.39 is 5.97 Å². The maximum absolute atomic E-state index is 10.8. The molecule has 4 heteroatoms. The fourth-order valence-electron chi connectivity index (χ4n) is 1.96. The second-order valence-corrected chi connectivity index (χ2v) is 4.45. The Hall–Kier alpha value is -2.33. The highest BCUT2D eigenvalue weighted by Crippen LogP contribution is 2.21. The van der Waals surface area contributed by atoms with Crippen LogP contribution in [0.15, 0.2) is 59.5 Å². The zero-order valence-electron chi connectivity index (χ0n) is 11.1. The van der Waals surface area contributed by atoms with Crippen molar-refractivity contribution in [2.75, 3.05) is 0 Å². The highest BCUT2D eigenvalue weighted by molar-refractivity contribution is 5.84. The Bertz CT molecular complexity index is 574. The Morgan fingerprint density at radius 1 is 1.30 bits per heavy atom. The van der Waals surface area contributed by atoms with Crippen molar-refractivity contribution in [3.05, 3.63) is 72.2 Å². The molecule has 0 radical (unpaired) electrons. The normalized spacial score (nSPS) is 12.0. The molecule has 1 aromatic heterocycles. The number of rotatable bonds is 7. The van der Waals surface area contributed by atoms with Gasteiger partial charge in [0.05, 0.1) is 6.04 Å². The number of furan rings is 1. The van der Waals surface area contributed by atoms with Gasteiger partial charge in [0.1, 0.15) is 5.76 Å². The second-order valence-electron chi connectivity index (χ2n) is 4.45. The minimum atomic E-state index is -1.06. The lowest BCUT2D eigenvalue weighted by Gasteiger charge is -2.14. The first-order valence-electron chi connectivity index (χ1n) is 6.42. The molecule has 1 unspecified atom stereocenters. The van der Waals surface area contributed by atoms with Crippen molar-refractivity contribution < 1.29 is 14.3 Å². The van der Waals surface area contributed by atoms with Crippen LogP contribution in [0.1, 0.15) is 34.3 Å². The average molecular weight is 271 g/mol. The topological polar surface area (TPSA) is 62.5 Å². The zero-order valence-corrected chi connectivity index (χ0v) is 11.1. The van der Waals surface area contributed by atoms with Gasteiger partial charge in [-0.2, -0.15) is 0 Å². The highest BCUT2D eigenvalue weighted by Gasteiger charge is 2.16. The lowest BCUT2D eigenvalue weighted by molar-refractivity contribution is 0.0659. The van der Waals surface area contributed by atoms with Crippen LogP contribution in [0.4, 0.5) is 0 Å². The molecule has 1 heterocycles. The molecule has 0 aliphatic heterocycles. The summed E-state index contributed by atoms with van der Waals surface area (Å²) in [5, 5.41) is 12.2. The number of nitrogens with one attached hydrogen (secondary N) is 1. The van der Waals surface area contributed by atoms with Crippen molar-refractivity contribution in [2.24, 2.45) is 0 Å². The fourth-order valence-corrected chi connectivity index (χ4v) is 1.96. The molecule has 0 amide bonds. The molecule has 0 aliphatic rings. The zero-order chi connectivity index (χ0) is 14.4. The first kappa shape index (κ1) is 14.1. The van der Waals surface area contributed by atoms with Gasteiger partial charge in [-0.05, 0) is 24.1 Å². The SMILES string of the molecule is C=CCC(NCc1ccccc1)c1ccc(C(=O)O)o1. The maximum Gasteiger partial charge on any atom is 0.371 e. The predicted molar refractivity (Wildman–Crippen MR) is 76.5 cm³/mol. The summed E-state index contributed by atoms with van der Waals surface area (Å²) in [4.78, 5) is 10.8. The van der Waals surface area contributed by atoms with Gasteiger partial charge in [-0.15, -0.1) is 6.58 Å². The van der Waals surface area contributed by atoms with E-state index in [1.54, 1.807) is 12.1 Å². The molecule has 1 aromatic carbocycles. The molecule has 104 valence electrons. The van der Waals surface area contributed by atoms with Crippen molar-refractivity contribution in [2.45, 2.75) is 19.0 Å². The number of hydrogen-bond donors (Lipinski definition) is 2. The third-order valence-electron chi connectivity index (χ3n) is 2.98. The number of carboxylic acids is 1. The molecular formula is C16H17NO3. The quantitative estimate of drug-likeness (QED) is 0.758. The van der Waals surface area contributed by atoms with Gasteiger partial charge >= 0.3 is 5.97 Å². The first-order chi connectivity index (χ1) is 9.70. The summed E-state index contributed by atoms with van der Waals surface area (Å²) in [5.74, 6) is -0.495. The van der Waals surface area contributed by atoms with Gasteiger partial charge in [-0.1, -0.05) is 36.4 Å². The van der Waals surface area contributed by atoms with Crippen LogP contribution < -0.4 is 5.32 Å². The number of benzene rings is 1. The molecule has 0 saturated carbocycles. The molecule has 2 aromatic rings. The Morgan fingerprint density at radius 2 is 2.05 bits per heavy atom. The second kappa shape index (κ2) is 6.73. The van der Waals surface area contributed by atoms with E-state index in [1.165, 1.54) is 6.07 Å². The smallest absolute Gasteiger partial charge is 0.371 e. The molecule has 0 bridgehead atoms. The molecule has 4 nitrogen and oxygen atoms in total. The van der Waals surface area contributed by atoms with Crippen LogP contribution in [0.25, 0.3) is 0 Å². The van der Waals surface area contributed by atoms with Crippen LogP contribution in [-0.2, 0) is 6.54 Å². The van der Waals surface area contributed by atoms with Crippen LogP contribution in [0.5, 0.6) is 0 Å². The van der Waals surface area contributed by atoms with E-state index in [4.69, 9.17) is 9.52 Å².